The first-order chi connectivity index (χ1) is 12.6. The van der Waals surface area contributed by atoms with E-state index in [2.05, 4.69) is 5.32 Å². The molecule has 0 heterocycles. The Balaban J connectivity index is 1.71. The van der Waals surface area contributed by atoms with Gasteiger partial charge < -0.3 is 14.8 Å². The van der Waals surface area contributed by atoms with Crippen molar-refractivity contribution in [3.05, 3.63) is 72.3 Å². The summed E-state index contributed by atoms with van der Waals surface area (Å²) in [5, 5.41) is 4.45. The minimum atomic E-state index is -0.937. The van der Waals surface area contributed by atoms with Gasteiger partial charge in [-0.2, -0.15) is 0 Å². The van der Waals surface area contributed by atoms with Crippen molar-refractivity contribution in [1.29, 1.82) is 0 Å². The van der Waals surface area contributed by atoms with Crippen molar-refractivity contribution in [2.24, 2.45) is 0 Å². The molecule has 0 aromatic heterocycles. The lowest BCUT2D eigenvalue weighted by atomic mass is 10.0. The Morgan fingerprint density at radius 1 is 0.962 bits per heavy atom. The molecule has 1 N–H and O–H groups in total. The fraction of sp³-hybridized carbons (Fsp3) is 0.143. The van der Waals surface area contributed by atoms with Gasteiger partial charge in [-0.15, -0.1) is 0 Å². The third kappa shape index (κ3) is 3.83. The number of hydrogen-bond acceptors (Lipinski definition) is 4. The van der Waals surface area contributed by atoms with E-state index in [1.807, 2.05) is 30.3 Å². The van der Waals surface area contributed by atoms with Crippen LogP contribution >= 0.6 is 0 Å². The number of methoxy groups -OCH3 is 1. The number of carbonyl (C=O) groups is 2. The maximum Gasteiger partial charge on any atom is 0.339 e. The summed E-state index contributed by atoms with van der Waals surface area (Å²) in [6, 6.07) is 19.9. The largest absolute Gasteiger partial charge is 0.497 e. The molecule has 0 aliphatic heterocycles. The van der Waals surface area contributed by atoms with E-state index in [9.17, 15) is 9.59 Å². The number of benzene rings is 3. The Labute approximate surface area is 151 Å². The first kappa shape index (κ1) is 17.5. The summed E-state index contributed by atoms with van der Waals surface area (Å²) in [7, 11) is 1.55. The second-order valence-electron chi connectivity index (χ2n) is 5.80. The quantitative estimate of drug-likeness (QED) is 0.706. The highest BCUT2D eigenvalue weighted by Gasteiger charge is 2.20. The van der Waals surface area contributed by atoms with Gasteiger partial charge in [0.1, 0.15) is 5.75 Å². The molecule has 0 radical (unpaired) electrons. The van der Waals surface area contributed by atoms with E-state index in [1.54, 1.807) is 50.4 Å². The SMILES string of the molecule is COc1cccc(NC(=O)[C@@H](C)OC(=O)c2cccc3ccccc23)c1. The molecule has 26 heavy (non-hydrogen) atoms. The molecular formula is C21H19NO4. The van der Waals surface area contributed by atoms with E-state index < -0.39 is 18.0 Å². The zero-order valence-electron chi connectivity index (χ0n) is 14.6. The molecule has 5 nitrogen and oxygen atoms in total. The highest BCUT2D eigenvalue weighted by molar-refractivity contribution is 6.05. The van der Waals surface area contributed by atoms with E-state index in [4.69, 9.17) is 9.47 Å². The van der Waals surface area contributed by atoms with Crippen molar-refractivity contribution in [1.82, 2.24) is 0 Å². The number of rotatable bonds is 5. The number of hydrogen-bond donors (Lipinski definition) is 1. The summed E-state index contributed by atoms with van der Waals surface area (Å²) in [4.78, 5) is 24.8. The van der Waals surface area contributed by atoms with Gasteiger partial charge in [-0.3, -0.25) is 4.79 Å². The van der Waals surface area contributed by atoms with Gasteiger partial charge in [0.15, 0.2) is 6.10 Å². The molecule has 0 fully saturated rings. The molecule has 0 spiro atoms. The first-order valence-corrected chi connectivity index (χ1v) is 8.22. The van der Waals surface area contributed by atoms with Crippen molar-refractivity contribution in [2.75, 3.05) is 12.4 Å². The highest BCUT2D eigenvalue weighted by atomic mass is 16.5. The van der Waals surface area contributed by atoms with E-state index >= 15 is 0 Å². The van der Waals surface area contributed by atoms with Gasteiger partial charge in [0.2, 0.25) is 0 Å². The van der Waals surface area contributed by atoms with Crippen LogP contribution in [0.3, 0.4) is 0 Å². The van der Waals surface area contributed by atoms with Gasteiger partial charge in [0.05, 0.1) is 12.7 Å². The molecule has 132 valence electrons. The van der Waals surface area contributed by atoms with Crippen molar-refractivity contribution in [3.63, 3.8) is 0 Å². The third-order valence-corrected chi connectivity index (χ3v) is 4.00. The summed E-state index contributed by atoms with van der Waals surface area (Å²) in [6.07, 6.45) is -0.937. The number of ether oxygens (including phenoxy) is 2. The van der Waals surface area contributed by atoms with Crippen LogP contribution in [0.25, 0.3) is 10.8 Å². The van der Waals surface area contributed by atoms with Crippen LogP contribution in [0.2, 0.25) is 0 Å². The van der Waals surface area contributed by atoms with Gasteiger partial charge in [0.25, 0.3) is 5.91 Å². The normalized spacial score (nSPS) is 11.6. The molecule has 0 saturated heterocycles. The third-order valence-electron chi connectivity index (χ3n) is 4.00. The molecule has 1 atom stereocenters. The smallest absolute Gasteiger partial charge is 0.339 e. The zero-order chi connectivity index (χ0) is 18.5. The van der Waals surface area contributed by atoms with Crippen LogP contribution < -0.4 is 10.1 Å². The van der Waals surface area contributed by atoms with E-state index in [-0.39, 0.29) is 0 Å². The van der Waals surface area contributed by atoms with Gasteiger partial charge in [-0.05, 0) is 35.9 Å². The van der Waals surface area contributed by atoms with Crippen LogP contribution in [0.5, 0.6) is 5.75 Å². The van der Waals surface area contributed by atoms with Crippen LogP contribution in [0, 0.1) is 0 Å². The van der Waals surface area contributed by atoms with Gasteiger partial charge in [-0.1, -0.05) is 42.5 Å². The van der Waals surface area contributed by atoms with Crippen molar-refractivity contribution in [2.45, 2.75) is 13.0 Å². The fourth-order valence-electron chi connectivity index (χ4n) is 2.63. The monoisotopic (exact) mass is 349 g/mol. The average molecular weight is 349 g/mol. The summed E-state index contributed by atoms with van der Waals surface area (Å²) in [5.74, 6) is -0.315. The zero-order valence-corrected chi connectivity index (χ0v) is 14.6. The molecule has 0 aliphatic carbocycles. The lowest BCUT2D eigenvalue weighted by Crippen LogP contribution is -2.30. The van der Waals surface area contributed by atoms with E-state index in [0.717, 1.165) is 10.8 Å². The summed E-state index contributed by atoms with van der Waals surface area (Å²) in [5.41, 5.74) is 1.01. The number of nitrogens with one attached hydrogen (secondary N) is 1. The molecule has 3 rings (SSSR count). The molecule has 1 amide bonds. The van der Waals surface area contributed by atoms with E-state index in [1.165, 1.54) is 0 Å². The van der Waals surface area contributed by atoms with Gasteiger partial charge in [0, 0.05) is 11.8 Å². The summed E-state index contributed by atoms with van der Waals surface area (Å²) < 4.78 is 10.5. The van der Waals surface area contributed by atoms with Crippen molar-refractivity contribution in [3.8, 4) is 5.75 Å². The molecule has 0 unspecified atom stereocenters. The average Bonchev–Trinajstić information content (AvgIpc) is 2.67. The minimum Gasteiger partial charge on any atom is -0.497 e. The lowest BCUT2D eigenvalue weighted by Gasteiger charge is -2.14. The fourth-order valence-corrected chi connectivity index (χ4v) is 2.63. The highest BCUT2D eigenvalue weighted by Crippen LogP contribution is 2.20. The summed E-state index contributed by atoms with van der Waals surface area (Å²) >= 11 is 0. The molecule has 0 aliphatic rings. The minimum absolute atomic E-state index is 0.410. The maximum atomic E-state index is 12.5. The Morgan fingerprint density at radius 2 is 1.69 bits per heavy atom. The van der Waals surface area contributed by atoms with Crippen LogP contribution in [0.4, 0.5) is 5.69 Å². The van der Waals surface area contributed by atoms with Crippen LogP contribution in [0.1, 0.15) is 17.3 Å². The number of amides is 1. The van der Waals surface area contributed by atoms with Gasteiger partial charge in [-0.25, -0.2) is 4.79 Å². The Kier molecular flexibility index (Phi) is 5.17. The predicted molar refractivity (Wildman–Crippen MR) is 100 cm³/mol. The Morgan fingerprint density at radius 3 is 2.50 bits per heavy atom. The molecule has 3 aromatic rings. The molecule has 3 aromatic carbocycles. The summed E-state index contributed by atoms with van der Waals surface area (Å²) in [6.45, 7) is 1.54. The predicted octanol–water partition coefficient (Wildman–Crippen LogP) is 4.03. The Bertz CT molecular complexity index is 946. The van der Waals surface area contributed by atoms with E-state index in [0.29, 0.717) is 17.0 Å². The standard InChI is InChI=1S/C21H19NO4/c1-14(20(23)22-16-9-6-10-17(13-16)25-2)26-21(24)19-12-5-8-15-7-3-4-11-18(15)19/h3-14H,1-2H3,(H,22,23)/t14-/m1/s1. The van der Waals surface area contributed by atoms with Gasteiger partial charge >= 0.3 is 5.97 Å². The second-order valence-corrected chi connectivity index (χ2v) is 5.80. The lowest BCUT2D eigenvalue weighted by molar-refractivity contribution is -0.123. The van der Waals surface area contributed by atoms with Crippen molar-refractivity contribution < 1.29 is 19.1 Å². The Hall–Kier alpha value is -3.34. The number of anilines is 1. The molecule has 5 heteroatoms. The van der Waals surface area contributed by atoms with Crippen LogP contribution in [0.15, 0.2) is 66.7 Å². The molecule has 0 bridgehead atoms. The van der Waals surface area contributed by atoms with Crippen LogP contribution in [-0.2, 0) is 9.53 Å². The van der Waals surface area contributed by atoms with Crippen LogP contribution in [-0.4, -0.2) is 25.1 Å². The molecular weight excluding hydrogens is 330 g/mol. The number of fused-ring (bicyclic) bond motifs is 1. The number of carbonyl (C=O) groups excluding carboxylic acids is 2. The topological polar surface area (TPSA) is 64.6 Å². The molecule has 0 saturated carbocycles. The number of esters is 1. The van der Waals surface area contributed by atoms with Crippen molar-refractivity contribution >= 4 is 28.3 Å². The first-order valence-electron chi connectivity index (χ1n) is 8.22. The maximum absolute atomic E-state index is 12.5. The second kappa shape index (κ2) is 7.70.